The quantitative estimate of drug-likeness (QED) is 0.304. The van der Waals surface area contributed by atoms with Crippen LogP contribution in [0.3, 0.4) is 0 Å². The van der Waals surface area contributed by atoms with E-state index in [4.69, 9.17) is 16.6 Å². The second-order valence-electron chi connectivity index (χ2n) is 7.07. The molecular weight excluding hydrogens is 404 g/mol. The highest BCUT2D eigenvalue weighted by molar-refractivity contribution is 7.71. The molecule has 3 rings (SSSR count). The van der Waals surface area contributed by atoms with Gasteiger partial charge in [-0.3, -0.25) is 29.8 Å². The summed E-state index contributed by atoms with van der Waals surface area (Å²) in [6.07, 6.45) is 2.35. The van der Waals surface area contributed by atoms with Crippen LogP contribution in [0.5, 0.6) is 0 Å². The van der Waals surface area contributed by atoms with Crippen LogP contribution >= 0.6 is 12.2 Å². The molecule has 9 heteroatoms. The topological polar surface area (TPSA) is 109 Å². The van der Waals surface area contributed by atoms with Crippen molar-refractivity contribution in [2.24, 2.45) is 0 Å². The lowest BCUT2D eigenvalue weighted by Crippen LogP contribution is -2.41. The van der Waals surface area contributed by atoms with Gasteiger partial charge in [0, 0.05) is 13.0 Å². The van der Waals surface area contributed by atoms with Crippen LogP contribution in [0.25, 0.3) is 10.9 Å². The maximum absolute atomic E-state index is 12.6. The fourth-order valence-corrected chi connectivity index (χ4v) is 3.53. The third kappa shape index (κ3) is 5.04. The number of carbonyl (C=O) groups is 2. The summed E-state index contributed by atoms with van der Waals surface area (Å²) in [5.74, 6) is 0.444. The van der Waals surface area contributed by atoms with Gasteiger partial charge in [-0.15, -0.1) is 0 Å². The zero-order valence-corrected chi connectivity index (χ0v) is 17.7. The van der Waals surface area contributed by atoms with Crippen LogP contribution in [-0.2, 0) is 11.3 Å². The van der Waals surface area contributed by atoms with Gasteiger partial charge in [0.05, 0.1) is 16.5 Å². The van der Waals surface area contributed by atoms with E-state index in [0.717, 1.165) is 11.9 Å². The summed E-state index contributed by atoms with van der Waals surface area (Å²) in [7, 11) is 0. The van der Waals surface area contributed by atoms with Gasteiger partial charge in [-0.1, -0.05) is 18.6 Å². The van der Waals surface area contributed by atoms with Crippen molar-refractivity contribution in [3.63, 3.8) is 0 Å². The number of rotatable bonds is 7. The number of nitrogens with one attached hydrogen (secondary N) is 3. The number of hydrogen-bond acceptors (Lipinski definition) is 5. The lowest BCUT2D eigenvalue weighted by atomic mass is 10.2. The van der Waals surface area contributed by atoms with E-state index in [0.29, 0.717) is 46.6 Å². The molecule has 2 aromatic heterocycles. The zero-order valence-electron chi connectivity index (χ0n) is 16.9. The Labute approximate surface area is 178 Å². The molecule has 0 radical (unpaired) electrons. The molecule has 0 saturated heterocycles. The van der Waals surface area contributed by atoms with Crippen LogP contribution in [-0.4, -0.2) is 21.4 Å². The summed E-state index contributed by atoms with van der Waals surface area (Å²) < 4.78 is 7.25. The predicted molar refractivity (Wildman–Crippen MR) is 116 cm³/mol. The Morgan fingerprint density at radius 3 is 2.63 bits per heavy atom. The van der Waals surface area contributed by atoms with Crippen LogP contribution in [0.1, 0.15) is 47.6 Å². The van der Waals surface area contributed by atoms with Crippen LogP contribution < -0.4 is 16.4 Å². The molecule has 0 aliphatic heterocycles. The molecule has 2 amide bonds. The summed E-state index contributed by atoms with van der Waals surface area (Å²) in [6, 6.07) is 8.88. The lowest BCUT2D eigenvalue weighted by molar-refractivity contribution is -0.122. The molecule has 0 spiro atoms. The third-order valence-corrected chi connectivity index (χ3v) is 5.10. The molecule has 2 heterocycles. The van der Waals surface area contributed by atoms with Gasteiger partial charge < -0.3 is 9.40 Å². The molecule has 158 valence electrons. The SMILES string of the molecule is Cc1cc(C(=O)NNC(=O)CCCCCn2c(=S)[nH]c3ccccc3c2=O)c(C)o1. The highest BCUT2D eigenvalue weighted by Crippen LogP contribution is 2.13. The van der Waals surface area contributed by atoms with Crippen molar-refractivity contribution in [1.29, 1.82) is 0 Å². The summed E-state index contributed by atoms with van der Waals surface area (Å²) in [5, 5.41) is 0.601. The number of carbonyl (C=O) groups excluding carboxylic acids is 2. The van der Waals surface area contributed by atoms with Gasteiger partial charge in [0.1, 0.15) is 11.5 Å². The second-order valence-corrected chi connectivity index (χ2v) is 7.46. The predicted octanol–water partition coefficient (Wildman–Crippen LogP) is 3.29. The van der Waals surface area contributed by atoms with E-state index in [1.807, 2.05) is 18.2 Å². The average Bonchev–Trinajstić information content (AvgIpc) is 3.06. The maximum Gasteiger partial charge on any atom is 0.273 e. The maximum atomic E-state index is 12.6. The number of furan rings is 1. The number of hydrogen-bond donors (Lipinski definition) is 3. The third-order valence-electron chi connectivity index (χ3n) is 4.78. The molecule has 0 aliphatic carbocycles. The van der Waals surface area contributed by atoms with Gasteiger partial charge >= 0.3 is 0 Å². The molecular formula is C21H24N4O4S. The van der Waals surface area contributed by atoms with Gasteiger partial charge in [-0.25, -0.2) is 0 Å². The molecule has 8 nitrogen and oxygen atoms in total. The Morgan fingerprint density at radius 1 is 1.13 bits per heavy atom. The number of hydrazine groups is 1. The molecule has 0 atom stereocenters. The van der Waals surface area contributed by atoms with Crippen molar-refractivity contribution in [2.45, 2.75) is 46.1 Å². The van der Waals surface area contributed by atoms with E-state index >= 15 is 0 Å². The normalized spacial score (nSPS) is 10.9. The minimum absolute atomic E-state index is 0.111. The standard InChI is InChI=1S/C21H24N4O4S/c1-13-12-16(14(2)29-13)19(27)24-23-18(26)10-4-3-7-11-25-20(28)15-8-5-6-9-17(15)22-21(25)30/h5-6,8-9,12H,3-4,7,10-11H2,1-2H3,(H,22,30)(H,23,26)(H,24,27). The molecule has 0 saturated carbocycles. The Kier molecular flexibility index (Phi) is 6.83. The molecule has 3 N–H and O–H groups in total. The summed E-state index contributed by atoms with van der Waals surface area (Å²) >= 11 is 5.29. The van der Waals surface area contributed by atoms with E-state index in [-0.39, 0.29) is 17.9 Å². The number of fused-ring (bicyclic) bond motifs is 1. The Morgan fingerprint density at radius 2 is 1.90 bits per heavy atom. The van der Waals surface area contributed by atoms with E-state index in [2.05, 4.69) is 15.8 Å². The monoisotopic (exact) mass is 428 g/mol. The summed E-state index contributed by atoms with van der Waals surface area (Å²) in [6.45, 7) is 3.93. The molecule has 1 aromatic carbocycles. The van der Waals surface area contributed by atoms with E-state index < -0.39 is 5.91 Å². The molecule has 0 bridgehead atoms. The first-order chi connectivity index (χ1) is 14.4. The molecule has 0 unspecified atom stereocenters. The number of aryl methyl sites for hydroxylation is 2. The number of aromatic nitrogens is 2. The zero-order chi connectivity index (χ0) is 21.7. The highest BCUT2D eigenvalue weighted by atomic mass is 32.1. The van der Waals surface area contributed by atoms with E-state index in [9.17, 15) is 14.4 Å². The van der Waals surface area contributed by atoms with Crippen molar-refractivity contribution in [1.82, 2.24) is 20.4 Å². The molecule has 3 aromatic rings. The van der Waals surface area contributed by atoms with Crippen molar-refractivity contribution in [3.05, 3.63) is 62.5 Å². The number of aromatic amines is 1. The van der Waals surface area contributed by atoms with Crippen molar-refractivity contribution < 1.29 is 14.0 Å². The average molecular weight is 429 g/mol. The van der Waals surface area contributed by atoms with Crippen molar-refractivity contribution >= 4 is 34.9 Å². The number of amides is 2. The van der Waals surface area contributed by atoms with Gasteiger partial charge in [0.15, 0.2) is 4.77 Å². The van der Waals surface area contributed by atoms with E-state index in [1.54, 1.807) is 30.5 Å². The van der Waals surface area contributed by atoms with Crippen molar-refractivity contribution in [3.8, 4) is 0 Å². The second kappa shape index (κ2) is 9.53. The number of nitrogens with zero attached hydrogens (tertiary/aromatic N) is 1. The first-order valence-corrected chi connectivity index (χ1v) is 10.2. The smallest absolute Gasteiger partial charge is 0.273 e. The van der Waals surface area contributed by atoms with Gasteiger partial charge in [0.2, 0.25) is 5.91 Å². The van der Waals surface area contributed by atoms with Gasteiger partial charge in [0.25, 0.3) is 11.5 Å². The minimum atomic E-state index is -0.414. The van der Waals surface area contributed by atoms with Gasteiger partial charge in [-0.2, -0.15) is 0 Å². The Hall–Kier alpha value is -3.20. The lowest BCUT2D eigenvalue weighted by Gasteiger charge is -2.09. The van der Waals surface area contributed by atoms with Crippen LogP contribution in [0.15, 0.2) is 39.5 Å². The van der Waals surface area contributed by atoms with Crippen molar-refractivity contribution in [2.75, 3.05) is 0 Å². The first-order valence-electron chi connectivity index (χ1n) is 9.75. The number of benzene rings is 1. The van der Waals surface area contributed by atoms with Gasteiger partial charge in [-0.05, 0) is 57.1 Å². The first kappa shape index (κ1) is 21.5. The largest absolute Gasteiger partial charge is 0.466 e. The highest BCUT2D eigenvalue weighted by Gasteiger charge is 2.14. The van der Waals surface area contributed by atoms with Crippen LogP contribution in [0, 0.1) is 18.6 Å². The number of H-pyrrole nitrogens is 1. The van der Waals surface area contributed by atoms with Crippen LogP contribution in [0.2, 0.25) is 0 Å². The number of unbranched alkanes of at least 4 members (excludes halogenated alkanes) is 2. The fourth-order valence-electron chi connectivity index (χ4n) is 3.25. The van der Waals surface area contributed by atoms with Crippen LogP contribution in [0.4, 0.5) is 0 Å². The Bertz CT molecular complexity index is 1190. The summed E-state index contributed by atoms with van der Waals surface area (Å²) in [5.41, 5.74) is 5.80. The molecule has 0 fully saturated rings. The minimum Gasteiger partial charge on any atom is -0.466 e. The molecule has 30 heavy (non-hydrogen) atoms. The van der Waals surface area contributed by atoms with E-state index in [1.165, 1.54) is 0 Å². The Balaban J connectivity index is 1.42. The summed E-state index contributed by atoms with van der Waals surface area (Å²) in [4.78, 5) is 39.6. The fraction of sp³-hybridized carbons (Fsp3) is 0.333. The molecule has 0 aliphatic rings. The number of para-hydroxylation sites is 1.